The highest BCUT2D eigenvalue weighted by atomic mass is 35.5. The van der Waals surface area contributed by atoms with Crippen LogP contribution >= 0.6 is 11.6 Å². The van der Waals surface area contributed by atoms with E-state index in [0.717, 1.165) is 35.6 Å². The Bertz CT molecular complexity index is 531. The summed E-state index contributed by atoms with van der Waals surface area (Å²) in [5.74, 6) is 1.41. The molecule has 3 nitrogen and oxygen atoms in total. The van der Waals surface area contributed by atoms with Gasteiger partial charge in [0.25, 0.3) is 0 Å². The molecule has 0 unspecified atom stereocenters. The fraction of sp³-hybridized carbons (Fsp3) is 0.286. The highest BCUT2D eigenvalue weighted by molar-refractivity contribution is 6.30. The van der Waals surface area contributed by atoms with E-state index in [1.165, 1.54) is 5.56 Å². The van der Waals surface area contributed by atoms with E-state index in [1.54, 1.807) is 0 Å². The van der Waals surface area contributed by atoms with Crippen LogP contribution < -0.4 is 0 Å². The second kappa shape index (κ2) is 5.83. The van der Waals surface area contributed by atoms with Crippen LogP contribution in [0.1, 0.15) is 22.9 Å². The molecule has 0 amide bonds. The van der Waals surface area contributed by atoms with Gasteiger partial charge in [-0.2, -0.15) is 0 Å². The Morgan fingerprint density at radius 3 is 2.67 bits per heavy atom. The number of aromatic nitrogens is 1. The molecule has 0 fully saturated rings. The van der Waals surface area contributed by atoms with Gasteiger partial charge in [-0.25, -0.2) is 4.98 Å². The summed E-state index contributed by atoms with van der Waals surface area (Å²) >= 11 is 5.82. The predicted molar refractivity (Wildman–Crippen MR) is 69.9 cm³/mol. The molecule has 94 valence electrons. The number of carbonyl (C=O) groups excluding carboxylic acids is 1. The number of aryl methyl sites for hydroxylation is 3. The van der Waals surface area contributed by atoms with Crippen molar-refractivity contribution in [3.05, 3.63) is 52.2 Å². The molecule has 2 aromatic rings. The van der Waals surface area contributed by atoms with Crippen molar-refractivity contribution in [3.8, 4) is 0 Å². The van der Waals surface area contributed by atoms with E-state index >= 15 is 0 Å². The van der Waals surface area contributed by atoms with Crippen LogP contribution in [0.2, 0.25) is 5.02 Å². The number of rotatable bonds is 5. The summed E-state index contributed by atoms with van der Waals surface area (Å²) < 4.78 is 5.52. The first-order valence-electron chi connectivity index (χ1n) is 5.82. The monoisotopic (exact) mass is 263 g/mol. The van der Waals surface area contributed by atoms with Crippen molar-refractivity contribution in [2.45, 2.75) is 26.2 Å². The van der Waals surface area contributed by atoms with Gasteiger partial charge >= 0.3 is 0 Å². The van der Waals surface area contributed by atoms with Crippen LogP contribution in [0.25, 0.3) is 0 Å². The third-order valence-electron chi connectivity index (χ3n) is 2.75. The lowest BCUT2D eigenvalue weighted by molar-refractivity contribution is -0.107. The number of halogens is 1. The van der Waals surface area contributed by atoms with Gasteiger partial charge in [-0.15, -0.1) is 0 Å². The maximum Gasteiger partial charge on any atom is 0.194 e. The standard InChI is InChI=1S/C14H14ClNO2/c1-10-13(8-9-17)16-14(18-10)7-4-11-2-5-12(15)6-3-11/h2-3,5-6,9H,4,7-8H2,1H3. The van der Waals surface area contributed by atoms with Gasteiger partial charge < -0.3 is 9.21 Å². The molecule has 1 heterocycles. The van der Waals surface area contributed by atoms with Crippen LogP contribution in [0.4, 0.5) is 0 Å². The summed E-state index contributed by atoms with van der Waals surface area (Å²) in [7, 11) is 0. The number of nitrogens with zero attached hydrogens (tertiary/aromatic N) is 1. The minimum Gasteiger partial charge on any atom is -0.446 e. The molecule has 0 radical (unpaired) electrons. The molecule has 0 atom stereocenters. The van der Waals surface area contributed by atoms with Crippen molar-refractivity contribution in [2.75, 3.05) is 0 Å². The first-order chi connectivity index (χ1) is 8.69. The average Bonchev–Trinajstić information content (AvgIpc) is 2.70. The Labute approximate surface area is 111 Å². The molecule has 2 rings (SSSR count). The van der Waals surface area contributed by atoms with E-state index < -0.39 is 0 Å². The number of oxazole rings is 1. The fourth-order valence-electron chi connectivity index (χ4n) is 1.77. The molecular weight excluding hydrogens is 250 g/mol. The van der Waals surface area contributed by atoms with Crippen molar-refractivity contribution in [3.63, 3.8) is 0 Å². The summed E-state index contributed by atoms with van der Waals surface area (Å²) in [4.78, 5) is 14.8. The van der Waals surface area contributed by atoms with Crippen LogP contribution in [0.3, 0.4) is 0 Å². The van der Waals surface area contributed by atoms with Crippen LogP contribution in [0.5, 0.6) is 0 Å². The zero-order valence-electron chi connectivity index (χ0n) is 10.1. The normalized spacial score (nSPS) is 10.6. The molecule has 1 aromatic carbocycles. The van der Waals surface area contributed by atoms with Crippen molar-refractivity contribution in [2.24, 2.45) is 0 Å². The van der Waals surface area contributed by atoms with Crippen molar-refractivity contribution in [1.29, 1.82) is 0 Å². The molecule has 0 aliphatic heterocycles. The molecule has 18 heavy (non-hydrogen) atoms. The molecule has 0 spiro atoms. The summed E-state index contributed by atoms with van der Waals surface area (Å²) in [5, 5.41) is 0.735. The number of aldehydes is 1. The van der Waals surface area contributed by atoms with Crippen molar-refractivity contribution >= 4 is 17.9 Å². The maximum atomic E-state index is 10.5. The van der Waals surface area contributed by atoms with Gasteiger partial charge in [-0.1, -0.05) is 23.7 Å². The zero-order chi connectivity index (χ0) is 13.0. The Morgan fingerprint density at radius 1 is 1.28 bits per heavy atom. The smallest absolute Gasteiger partial charge is 0.194 e. The van der Waals surface area contributed by atoms with Crippen LogP contribution in [-0.2, 0) is 24.1 Å². The van der Waals surface area contributed by atoms with Gasteiger partial charge in [0.15, 0.2) is 5.89 Å². The minimum absolute atomic E-state index is 0.316. The van der Waals surface area contributed by atoms with Gasteiger partial charge in [0.1, 0.15) is 12.0 Å². The summed E-state index contributed by atoms with van der Waals surface area (Å²) in [5.41, 5.74) is 1.92. The van der Waals surface area contributed by atoms with Crippen LogP contribution in [0.15, 0.2) is 28.7 Å². The lowest BCUT2D eigenvalue weighted by Crippen LogP contribution is -1.93. The highest BCUT2D eigenvalue weighted by Gasteiger charge is 2.08. The SMILES string of the molecule is Cc1oc(CCc2ccc(Cl)cc2)nc1CC=O. The van der Waals surface area contributed by atoms with Gasteiger partial charge in [-0.05, 0) is 31.0 Å². The summed E-state index contributed by atoms with van der Waals surface area (Å²) in [6.07, 6.45) is 2.73. The molecule has 0 saturated carbocycles. The summed E-state index contributed by atoms with van der Waals surface area (Å²) in [6, 6.07) is 7.72. The first kappa shape index (κ1) is 12.8. The maximum absolute atomic E-state index is 10.5. The van der Waals surface area contributed by atoms with Gasteiger partial charge in [0, 0.05) is 17.9 Å². The second-order valence-electron chi connectivity index (χ2n) is 4.11. The molecule has 0 saturated heterocycles. The van der Waals surface area contributed by atoms with E-state index in [1.807, 2.05) is 31.2 Å². The quantitative estimate of drug-likeness (QED) is 0.778. The molecule has 0 N–H and O–H groups in total. The highest BCUT2D eigenvalue weighted by Crippen LogP contribution is 2.14. The molecule has 0 aliphatic rings. The minimum atomic E-state index is 0.316. The largest absolute Gasteiger partial charge is 0.446 e. The Balaban J connectivity index is 1.99. The molecular formula is C14H14ClNO2. The van der Waals surface area contributed by atoms with Crippen molar-refractivity contribution < 1.29 is 9.21 Å². The van der Waals surface area contributed by atoms with E-state index in [2.05, 4.69) is 4.98 Å². The first-order valence-corrected chi connectivity index (χ1v) is 6.20. The lowest BCUT2D eigenvalue weighted by atomic mass is 10.1. The Kier molecular flexibility index (Phi) is 4.15. The van der Waals surface area contributed by atoms with Gasteiger partial charge in [-0.3, -0.25) is 0 Å². The molecule has 1 aromatic heterocycles. The average molecular weight is 264 g/mol. The van der Waals surface area contributed by atoms with Crippen LogP contribution in [-0.4, -0.2) is 11.3 Å². The Morgan fingerprint density at radius 2 is 2.00 bits per heavy atom. The number of carbonyl (C=O) groups is 1. The topological polar surface area (TPSA) is 43.1 Å². The van der Waals surface area contributed by atoms with E-state index in [9.17, 15) is 4.79 Å². The Hall–Kier alpha value is -1.61. The van der Waals surface area contributed by atoms with Crippen molar-refractivity contribution in [1.82, 2.24) is 4.98 Å². The van der Waals surface area contributed by atoms with E-state index in [0.29, 0.717) is 12.3 Å². The third-order valence-corrected chi connectivity index (χ3v) is 3.01. The van der Waals surface area contributed by atoms with Gasteiger partial charge in [0.05, 0.1) is 5.69 Å². The summed E-state index contributed by atoms with van der Waals surface area (Å²) in [6.45, 7) is 1.83. The number of benzene rings is 1. The van der Waals surface area contributed by atoms with Crippen LogP contribution in [0, 0.1) is 6.92 Å². The molecule has 0 aliphatic carbocycles. The second-order valence-corrected chi connectivity index (χ2v) is 4.54. The number of hydrogen-bond donors (Lipinski definition) is 0. The fourth-order valence-corrected chi connectivity index (χ4v) is 1.89. The van der Waals surface area contributed by atoms with Gasteiger partial charge in [0.2, 0.25) is 0 Å². The predicted octanol–water partition coefficient (Wildman–Crippen LogP) is 3.16. The molecule has 4 heteroatoms. The number of hydrogen-bond acceptors (Lipinski definition) is 3. The van der Waals surface area contributed by atoms with E-state index in [-0.39, 0.29) is 0 Å². The van der Waals surface area contributed by atoms with E-state index in [4.69, 9.17) is 16.0 Å². The zero-order valence-corrected chi connectivity index (χ0v) is 10.9. The third kappa shape index (κ3) is 3.20. The lowest BCUT2D eigenvalue weighted by Gasteiger charge is -1.98. The molecule has 0 bridgehead atoms.